The molecule has 0 saturated carbocycles. The Morgan fingerprint density at radius 2 is 2.13 bits per heavy atom. The number of hydrogen-bond acceptors (Lipinski definition) is 7. The molecule has 0 aliphatic carbocycles. The van der Waals surface area contributed by atoms with Crippen LogP contribution in [0.25, 0.3) is 0 Å². The van der Waals surface area contributed by atoms with Crippen LogP contribution in [0.15, 0.2) is 34.9 Å². The van der Waals surface area contributed by atoms with Crippen molar-refractivity contribution in [3.8, 4) is 11.9 Å². The van der Waals surface area contributed by atoms with Crippen molar-refractivity contribution in [2.75, 3.05) is 18.5 Å². The summed E-state index contributed by atoms with van der Waals surface area (Å²) in [7, 11) is 0. The molecule has 1 heterocycles. The maximum Gasteiger partial charge on any atom is 0.344 e. The lowest BCUT2D eigenvalue weighted by Crippen LogP contribution is -2.24. The van der Waals surface area contributed by atoms with Crippen molar-refractivity contribution in [3.05, 3.63) is 41.7 Å². The quantitative estimate of drug-likeness (QED) is 0.801. The molecule has 0 aliphatic heterocycles. The Hall–Kier alpha value is -3.34. The third-order valence-electron chi connectivity index (χ3n) is 2.63. The maximum absolute atomic E-state index is 11.7. The molecule has 0 radical (unpaired) electrons. The minimum absolute atomic E-state index is 0.159. The van der Waals surface area contributed by atoms with E-state index in [1.54, 1.807) is 31.2 Å². The maximum atomic E-state index is 11.7. The van der Waals surface area contributed by atoms with Gasteiger partial charge in [-0.3, -0.25) is 4.79 Å². The van der Waals surface area contributed by atoms with Crippen molar-refractivity contribution in [2.45, 2.75) is 6.92 Å². The summed E-state index contributed by atoms with van der Waals surface area (Å²) in [6.07, 6.45) is 0. The molecule has 0 aliphatic rings. The number of aryl methyl sites for hydroxylation is 1. The fourth-order valence-electron chi connectivity index (χ4n) is 1.61. The largest absolute Gasteiger partial charge is 0.463 e. The van der Waals surface area contributed by atoms with Crippen LogP contribution in [0, 0.1) is 18.3 Å². The summed E-state index contributed by atoms with van der Waals surface area (Å²) in [5.41, 5.74) is 0.669. The highest BCUT2D eigenvalue weighted by Gasteiger charge is 2.11. The van der Waals surface area contributed by atoms with Gasteiger partial charge in [-0.05, 0) is 24.2 Å². The van der Waals surface area contributed by atoms with E-state index in [4.69, 9.17) is 19.3 Å². The Morgan fingerprint density at radius 1 is 1.35 bits per heavy atom. The summed E-state index contributed by atoms with van der Waals surface area (Å²) in [6, 6.07) is 9.96. The molecular formula is C15H13N3O5. The van der Waals surface area contributed by atoms with Gasteiger partial charge in [0.1, 0.15) is 11.8 Å². The smallest absolute Gasteiger partial charge is 0.344 e. The van der Waals surface area contributed by atoms with E-state index in [1.165, 1.54) is 6.07 Å². The number of amides is 1. The highest BCUT2D eigenvalue weighted by atomic mass is 16.6. The third kappa shape index (κ3) is 4.86. The number of hydrogen-bond donors (Lipinski definition) is 1. The topological polar surface area (TPSA) is 114 Å². The lowest BCUT2D eigenvalue weighted by molar-refractivity contribution is -0.149. The summed E-state index contributed by atoms with van der Waals surface area (Å²) in [5.74, 6) is -0.580. The Labute approximate surface area is 131 Å². The first-order chi connectivity index (χ1) is 11.1. The van der Waals surface area contributed by atoms with Crippen molar-refractivity contribution < 1.29 is 23.6 Å². The molecule has 1 aromatic carbocycles. The van der Waals surface area contributed by atoms with Crippen molar-refractivity contribution in [1.82, 2.24) is 5.16 Å². The highest BCUT2D eigenvalue weighted by molar-refractivity contribution is 5.94. The fourth-order valence-corrected chi connectivity index (χ4v) is 1.61. The van der Waals surface area contributed by atoms with Gasteiger partial charge < -0.3 is 19.3 Å². The first kappa shape index (κ1) is 16.0. The molecule has 2 rings (SSSR count). The highest BCUT2D eigenvalue weighted by Crippen LogP contribution is 2.13. The van der Waals surface area contributed by atoms with E-state index >= 15 is 0 Å². The molecule has 0 fully saturated rings. The number of nitrogens with zero attached hydrogens (tertiary/aromatic N) is 2. The number of carbonyl (C=O) groups excluding carboxylic acids is 2. The minimum atomic E-state index is -0.727. The number of benzene rings is 1. The lowest BCUT2D eigenvalue weighted by Gasteiger charge is -2.07. The van der Waals surface area contributed by atoms with Crippen molar-refractivity contribution >= 4 is 17.6 Å². The molecule has 0 atom stereocenters. The van der Waals surface area contributed by atoms with Crippen molar-refractivity contribution in [1.29, 1.82) is 5.26 Å². The van der Waals surface area contributed by atoms with Gasteiger partial charge in [0.25, 0.3) is 11.8 Å². The van der Waals surface area contributed by atoms with Crippen LogP contribution < -0.4 is 10.1 Å². The van der Waals surface area contributed by atoms with Gasteiger partial charge in [0.05, 0.1) is 11.3 Å². The van der Waals surface area contributed by atoms with E-state index in [1.807, 2.05) is 6.07 Å². The van der Waals surface area contributed by atoms with Gasteiger partial charge in [-0.25, -0.2) is 4.79 Å². The summed E-state index contributed by atoms with van der Waals surface area (Å²) in [5, 5.41) is 14.9. The summed E-state index contributed by atoms with van der Waals surface area (Å²) in [4.78, 5) is 23.2. The molecular weight excluding hydrogens is 302 g/mol. The molecule has 8 nitrogen and oxygen atoms in total. The Kier molecular flexibility index (Phi) is 5.30. The molecule has 1 N–H and O–H groups in total. The Balaban J connectivity index is 1.75. The lowest BCUT2D eigenvalue weighted by atomic mass is 10.2. The number of esters is 1. The summed E-state index contributed by atoms with van der Waals surface area (Å²) in [6.45, 7) is 0.801. The van der Waals surface area contributed by atoms with Gasteiger partial charge in [-0.2, -0.15) is 5.26 Å². The number of carbonyl (C=O) groups is 2. The van der Waals surface area contributed by atoms with E-state index in [0.717, 1.165) is 0 Å². The predicted molar refractivity (Wildman–Crippen MR) is 77.5 cm³/mol. The van der Waals surface area contributed by atoms with Gasteiger partial charge in [0.2, 0.25) is 0 Å². The van der Waals surface area contributed by atoms with E-state index < -0.39 is 25.1 Å². The SMILES string of the molecule is Cc1cc(OCC(=O)OCC(=O)Nc2ccccc2C#N)no1. The second-order valence-corrected chi connectivity index (χ2v) is 4.43. The number of rotatable bonds is 6. The van der Waals surface area contributed by atoms with Crippen molar-refractivity contribution in [2.24, 2.45) is 0 Å². The third-order valence-corrected chi connectivity index (χ3v) is 2.63. The molecule has 0 bridgehead atoms. The van der Waals surface area contributed by atoms with Crippen molar-refractivity contribution in [3.63, 3.8) is 0 Å². The number of aromatic nitrogens is 1. The molecule has 118 valence electrons. The number of para-hydroxylation sites is 1. The standard InChI is InChI=1S/C15H13N3O5/c1-10-6-14(18-23-10)21-9-15(20)22-8-13(19)17-12-5-3-2-4-11(12)7-16/h2-6H,8-9H2,1H3,(H,17,19). The first-order valence-electron chi connectivity index (χ1n) is 6.59. The van der Waals surface area contributed by atoms with E-state index in [2.05, 4.69) is 10.5 Å². The summed E-state index contributed by atoms with van der Waals surface area (Å²) >= 11 is 0. The first-order valence-corrected chi connectivity index (χ1v) is 6.59. The van der Waals surface area contributed by atoms with Crippen LogP contribution in [0.3, 0.4) is 0 Å². The average Bonchev–Trinajstić information content (AvgIpc) is 2.97. The number of nitriles is 1. The van der Waals surface area contributed by atoms with E-state index in [-0.39, 0.29) is 5.88 Å². The van der Waals surface area contributed by atoms with Crippen LogP contribution in [-0.4, -0.2) is 30.2 Å². The number of ether oxygens (including phenoxy) is 2. The zero-order valence-corrected chi connectivity index (χ0v) is 12.2. The second-order valence-electron chi connectivity index (χ2n) is 4.43. The van der Waals surface area contributed by atoms with Crippen LogP contribution in [-0.2, 0) is 14.3 Å². The molecule has 0 saturated heterocycles. The Morgan fingerprint density at radius 3 is 2.83 bits per heavy atom. The van der Waals surface area contributed by atoms with Gasteiger partial charge in [-0.1, -0.05) is 12.1 Å². The number of nitrogens with one attached hydrogen (secondary N) is 1. The van der Waals surface area contributed by atoms with Crippen LogP contribution in [0.2, 0.25) is 0 Å². The molecule has 0 spiro atoms. The zero-order valence-electron chi connectivity index (χ0n) is 12.2. The average molecular weight is 315 g/mol. The summed E-state index contributed by atoms with van der Waals surface area (Å²) < 4.78 is 14.5. The van der Waals surface area contributed by atoms with E-state index in [0.29, 0.717) is 17.0 Å². The van der Waals surface area contributed by atoms with Crippen LogP contribution in [0.5, 0.6) is 5.88 Å². The van der Waals surface area contributed by atoms with Crippen LogP contribution >= 0.6 is 0 Å². The zero-order chi connectivity index (χ0) is 16.7. The van der Waals surface area contributed by atoms with Gasteiger partial charge in [0, 0.05) is 6.07 Å². The van der Waals surface area contributed by atoms with Crippen LogP contribution in [0.4, 0.5) is 5.69 Å². The van der Waals surface area contributed by atoms with Gasteiger partial charge in [0.15, 0.2) is 13.2 Å². The molecule has 8 heteroatoms. The molecule has 23 heavy (non-hydrogen) atoms. The molecule has 0 unspecified atom stereocenters. The minimum Gasteiger partial charge on any atom is -0.463 e. The van der Waals surface area contributed by atoms with Crippen LogP contribution in [0.1, 0.15) is 11.3 Å². The molecule has 1 aromatic heterocycles. The Bertz CT molecular complexity index is 748. The number of anilines is 1. The second kappa shape index (κ2) is 7.61. The monoisotopic (exact) mass is 315 g/mol. The van der Waals surface area contributed by atoms with E-state index in [9.17, 15) is 9.59 Å². The normalized spacial score (nSPS) is 9.74. The van der Waals surface area contributed by atoms with Gasteiger partial charge >= 0.3 is 5.97 Å². The molecule has 2 aromatic rings. The molecule has 1 amide bonds. The van der Waals surface area contributed by atoms with Gasteiger partial charge in [-0.15, -0.1) is 0 Å². The predicted octanol–water partition coefficient (Wildman–Crippen LogP) is 1.42. The fraction of sp³-hybridized carbons (Fsp3) is 0.200.